The molecule has 1 N–H and O–H groups in total. The normalized spacial score (nSPS) is 25.5. The average molecular weight is 272 g/mol. The lowest BCUT2D eigenvalue weighted by molar-refractivity contribution is -0.0453. The van der Waals surface area contributed by atoms with Crippen LogP contribution in [0.3, 0.4) is 0 Å². The Labute approximate surface area is 118 Å². The molecule has 5 heteroatoms. The van der Waals surface area contributed by atoms with E-state index in [-0.39, 0.29) is 6.10 Å². The molecule has 0 bridgehead atoms. The van der Waals surface area contributed by atoms with E-state index in [0.717, 1.165) is 42.5 Å². The third-order valence-corrected chi connectivity index (χ3v) is 4.62. The molecule has 1 unspecified atom stereocenters. The van der Waals surface area contributed by atoms with E-state index in [0.29, 0.717) is 0 Å². The minimum atomic E-state index is 0.0959. The maximum absolute atomic E-state index is 5.98. The predicted molar refractivity (Wildman–Crippen MR) is 76.4 cm³/mol. The van der Waals surface area contributed by atoms with Gasteiger partial charge in [-0.15, -0.1) is 0 Å². The van der Waals surface area contributed by atoms with Crippen LogP contribution in [0.2, 0.25) is 0 Å². The second-order valence-corrected chi connectivity index (χ2v) is 5.80. The number of pyridine rings is 1. The van der Waals surface area contributed by atoms with Crippen molar-refractivity contribution in [3.8, 4) is 0 Å². The second kappa shape index (κ2) is 5.14. The Hall–Kier alpha value is -1.46. The SMILES string of the molecule is c1cnc2n[nH]c(C3CN(C4CCCC4)CCO3)c2c1. The molecule has 1 aliphatic carbocycles. The van der Waals surface area contributed by atoms with Gasteiger partial charge in [-0.3, -0.25) is 10.00 Å². The number of hydrogen-bond acceptors (Lipinski definition) is 4. The summed E-state index contributed by atoms with van der Waals surface area (Å²) in [7, 11) is 0. The van der Waals surface area contributed by atoms with E-state index >= 15 is 0 Å². The second-order valence-electron chi connectivity index (χ2n) is 5.80. The van der Waals surface area contributed by atoms with Crippen LogP contribution in [0.1, 0.15) is 37.5 Å². The van der Waals surface area contributed by atoms with Crippen molar-refractivity contribution in [2.45, 2.75) is 37.8 Å². The van der Waals surface area contributed by atoms with Crippen LogP contribution >= 0.6 is 0 Å². The van der Waals surface area contributed by atoms with Crippen molar-refractivity contribution in [3.63, 3.8) is 0 Å². The fourth-order valence-corrected chi connectivity index (χ4v) is 3.56. The minimum Gasteiger partial charge on any atom is -0.369 e. The standard InChI is InChI=1S/C15H20N4O/c1-2-5-11(4-1)19-8-9-20-13(10-19)14-12-6-3-7-16-15(12)18-17-14/h3,6-7,11,13H,1-2,4-5,8-10H2,(H,16,17,18). The molecular weight excluding hydrogens is 252 g/mol. The summed E-state index contributed by atoms with van der Waals surface area (Å²) in [5, 5.41) is 8.50. The maximum atomic E-state index is 5.98. The maximum Gasteiger partial charge on any atom is 0.181 e. The first-order valence-electron chi connectivity index (χ1n) is 7.56. The zero-order valence-electron chi connectivity index (χ0n) is 11.6. The highest BCUT2D eigenvalue weighted by molar-refractivity contribution is 5.77. The third-order valence-electron chi connectivity index (χ3n) is 4.62. The van der Waals surface area contributed by atoms with Gasteiger partial charge in [0.2, 0.25) is 0 Å². The van der Waals surface area contributed by atoms with Gasteiger partial charge in [0.1, 0.15) is 6.10 Å². The first-order valence-corrected chi connectivity index (χ1v) is 7.56. The molecule has 4 rings (SSSR count). The summed E-state index contributed by atoms with van der Waals surface area (Å²) >= 11 is 0. The van der Waals surface area contributed by atoms with Crippen LogP contribution in [0.25, 0.3) is 11.0 Å². The highest BCUT2D eigenvalue weighted by atomic mass is 16.5. The molecule has 2 aromatic rings. The molecule has 1 atom stereocenters. The summed E-state index contributed by atoms with van der Waals surface area (Å²) in [6.07, 6.45) is 7.32. The monoisotopic (exact) mass is 272 g/mol. The predicted octanol–water partition coefficient (Wildman–Crippen LogP) is 2.27. The largest absolute Gasteiger partial charge is 0.369 e. The summed E-state index contributed by atoms with van der Waals surface area (Å²) in [5.74, 6) is 0. The molecule has 1 aliphatic heterocycles. The number of aromatic nitrogens is 3. The van der Waals surface area contributed by atoms with Crippen molar-refractivity contribution in [2.75, 3.05) is 19.7 Å². The van der Waals surface area contributed by atoms with Gasteiger partial charge in [-0.25, -0.2) is 4.98 Å². The lowest BCUT2D eigenvalue weighted by atomic mass is 10.1. The Morgan fingerprint density at radius 2 is 2.20 bits per heavy atom. The van der Waals surface area contributed by atoms with Gasteiger partial charge in [-0.1, -0.05) is 12.8 Å². The fraction of sp³-hybridized carbons (Fsp3) is 0.600. The van der Waals surface area contributed by atoms with E-state index < -0.39 is 0 Å². The number of nitrogens with zero attached hydrogens (tertiary/aromatic N) is 3. The Balaban J connectivity index is 1.58. The van der Waals surface area contributed by atoms with E-state index in [1.54, 1.807) is 6.20 Å². The van der Waals surface area contributed by atoms with Gasteiger partial charge in [0.25, 0.3) is 0 Å². The van der Waals surface area contributed by atoms with E-state index in [4.69, 9.17) is 4.74 Å². The van der Waals surface area contributed by atoms with Gasteiger partial charge in [0.15, 0.2) is 5.65 Å². The van der Waals surface area contributed by atoms with E-state index in [2.05, 4.69) is 26.1 Å². The van der Waals surface area contributed by atoms with Gasteiger partial charge in [0.05, 0.1) is 12.3 Å². The Morgan fingerprint density at radius 1 is 1.30 bits per heavy atom. The molecule has 1 saturated carbocycles. The highest BCUT2D eigenvalue weighted by Gasteiger charge is 2.30. The van der Waals surface area contributed by atoms with E-state index in [9.17, 15) is 0 Å². The van der Waals surface area contributed by atoms with Crippen LogP contribution in [-0.2, 0) is 4.74 Å². The molecule has 5 nitrogen and oxygen atoms in total. The first kappa shape index (κ1) is 12.3. The van der Waals surface area contributed by atoms with Crippen molar-refractivity contribution in [3.05, 3.63) is 24.0 Å². The fourth-order valence-electron chi connectivity index (χ4n) is 3.56. The average Bonchev–Trinajstić information content (AvgIpc) is 3.17. The highest BCUT2D eigenvalue weighted by Crippen LogP contribution is 2.30. The summed E-state index contributed by atoms with van der Waals surface area (Å²) in [6.45, 7) is 2.84. The Morgan fingerprint density at radius 3 is 3.10 bits per heavy atom. The lowest BCUT2D eigenvalue weighted by Gasteiger charge is -2.36. The van der Waals surface area contributed by atoms with Crippen molar-refractivity contribution in [1.82, 2.24) is 20.1 Å². The summed E-state index contributed by atoms with van der Waals surface area (Å²) in [4.78, 5) is 6.88. The molecule has 0 amide bonds. The number of ether oxygens (including phenoxy) is 1. The zero-order valence-corrected chi connectivity index (χ0v) is 11.6. The van der Waals surface area contributed by atoms with Crippen molar-refractivity contribution < 1.29 is 4.74 Å². The number of fused-ring (bicyclic) bond motifs is 1. The number of rotatable bonds is 2. The molecule has 20 heavy (non-hydrogen) atoms. The van der Waals surface area contributed by atoms with E-state index in [1.165, 1.54) is 25.7 Å². The van der Waals surface area contributed by atoms with Gasteiger partial charge in [-0.2, -0.15) is 5.10 Å². The third kappa shape index (κ3) is 2.11. The summed E-state index contributed by atoms with van der Waals surface area (Å²) in [6, 6.07) is 4.78. The molecule has 0 radical (unpaired) electrons. The lowest BCUT2D eigenvalue weighted by Crippen LogP contribution is -2.43. The molecule has 2 aromatic heterocycles. The molecular formula is C15H20N4O. The van der Waals surface area contributed by atoms with Crippen LogP contribution < -0.4 is 0 Å². The van der Waals surface area contributed by atoms with Gasteiger partial charge in [0, 0.05) is 30.7 Å². The van der Waals surface area contributed by atoms with Gasteiger partial charge in [-0.05, 0) is 25.0 Å². The molecule has 1 saturated heterocycles. The topological polar surface area (TPSA) is 54.0 Å². The number of nitrogens with one attached hydrogen (secondary N) is 1. The van der Waals surface area contributed by atoms with Crippen LogP contribution in [-0.4, -0.2) is 45.8 Å². The summed E-state index contributed by atoms with van der Waals surface area (Å²) < 4.78 is 5.98. The van der Waals surface area contributed by atoms with Crippen molar-refractivity contribution in [2.24, 2.45) is 0 Å². The number of aromatic amines is 1. The smallest absolute Gasteiger partial charge is 0.181 e. The molecule has 2 fully saturated rings. The minimum absolute atomic E-state index is 0.0959. The van der Waals surface area contributed by atoms with Crippen molar-refractivity contribution in [1.29, 1.82) is 0 Å². The van der Waals surface area contributed by atoms with Crippen LogP contribution in [0.5, 0.6) is 0 Å². The molecule has 2 aliphatic rings. The Bertz CT molecular complexity index is 590. The van der Waals surface area contributed by atoms with Crippen LogP contribution in [0.4, 0.5) is 0 Å². The zero-order chi connectivity index (χ0) is 13.4. The number of H-pyrrole nitrogens is 1. The molecule has 0 aromatic carbocycles. The number of hydrogen-bond donors (Lipinski definition) is 1. The molecule has 106 valence electrons. The van der Waals surface area contributed by atoms with Crippen molar-refractivity contribution >= 4 is 11.0 Å². The molecule has 3 heterocycles. The van der Waals surface area contributed by atoms with Gasteiger partial charge < -0.3 is 4.74 Å². The summed E-state index contributed by atoms with van der Waals surface area (Å²) in [5.41, 5.74) is 1.86. The molecule has 0 spiro atoms. The first-order chi connectivity index (χ1) is 9.92. The van der Waals surface area contributed by atoms with Gasteiger partial charge >= 0.3 is 0 Å². The quantitative estimate of drug-likeness (QED) is 0.911. The Kier molecular flexibility index (Phi) is 3.16. The number of morpholine rings is 1. The van der Waals surface area contributed by atoms with E-state index in [1.807, 2.05) is 6.07 Å². The van der Waals surface area contributed by atoms with Crippen LogP contribution in [0, 0.1) is 0 Å². The van der Waals surface area contributed by atoms with Crippen LogP contribution in [0.15, 0.2) is 18.3 Å².